The number of aromatic nitrogens is 2. The molecule has 9 heteroatoms. The Morgan fingerprint density at radius 1 is 1.36 bits per heavy atom. The van der Waals surface area contributed by atoms with Crippen LogP contribution in [0.15, 0.2) is 40.3 Å². The van der Waals surface area contributed by atoms with E-state index in [1.165, 1.54) is 31.2 Å². The highest BCUT2D eigenvalue weighted by atomic mass is 32.2. The maximum absolute atomic E-state index is 13.0. The first-order chi connectivity index (χ1) is 11.7. The van der Waals surface area contributed by atoms with Crippen LogP contribution < -0.4 is 10.9 Å². The number of rotatable bonds is 5. The molecule has 0 bridgehead atoms. The summed E-state index contributed by atoms with van der Waals surface area (Å²) in [5, 5.41) is 1.77. The first kappa shape index (κ1) is 19.0. The van der Waals surface area contributed by atoms with Crippen molar-refractivity contribution in [3.8, 4) is 0 Å². The van der Waals surface area contributed by atoms with Crippen LogP contribution in [0.5, 0.6) is 0 Å². The van der Waals surface area contributed by atoms with Crippen molar-refractivity contribution in [2.75, 3.05) is 5.32 Å². The first-order valence-electron chi connectivity index (χ1n) is 7.44. The van der Waals surface area contributed by atoms with Gasteiger partial charge in [-0.1, -0.05) is 30.8 Å². The molecule has 134 valence electrons. The number of para-hydroxylation sites is 1. The fourth-order valence-electron chi connectivity index (χ4n) is 2.02. The fraction of sp³-hybridized carbons (Fsp3) is 0.312. The van der Waals surface area contributed by atoms with Crippen LogP contribution in [0.4, 0.5) is 18.9 Å². The minimum absolute atomic E-state index is 0.246. The van der Waals surface area contributed by atoms with Crippen LogP contribution in [0.3, 0.4) is 0 Å². The number of H-pyrrole nitrogens is 1. The monoisotopic (exact) mass is 371 g/mol. The third-order valence-electron chi connectivity index (χ3n) is 3.28. The standard InChI is InChI=1S/C16H16F3N3O2S/c1-3-10-8-13(23)22-15(20-10)25-9(2)14(24)21-12-7-5-4-6-11(12)16(17,18)19/h4-9H,3H2,1-2H3,(H,21,24)(H,20,22,23). The van der Waals surface area contributed by atoms with Crippen molar-refractivity contribution in [2.24, 2.45) is 0 Å². The molecule has 1 heterocycles. The molecule has 0 saturated carbocycles. The van der Waals surface area contributed by atoms with Crippen LogP contribution in [0.1, 0.15) is 25.1 Å². The maximum Gasteiger partial charge on any atom is 0.418 e. The smallest absolute Gasteiger partial charge is 0.325 e. The van der Waals surface area contributed by atoms with Gasteiger partial charge >= 0.3 is 6.18 Å². The van der Waals surface area contributed by atoms with Crippen LogP contribution in [-0.2, 0) is 17.4 Å². The van der Waals surface area contributed by atoms with Crippen molar-refractivity contribution < 1.29 is 18.0 Å². The van der Waals surface area contributed by atoms with Gasteiger partial charge in [-0.15, -0.1) is 0 Å². The van der Waals surface area contributed by atoms with Gasteiger partial charge in [-0.3, -0.25) is 9.59 Å². The lowest BCUT2D eigenvalue weighted by Crippen LogP contribution is -2.25. The van der Waals surface area contributed by atoms with Crippen LogP contribution >= 0.6 is 11.8 Å². The number of nitrogens with one attached hydrogen (secondary N) is 2. The molecule has 0 fully saturated rings. The summed E-state index contributed by atoms with van der Waals surface area (Å²) in [7, 11) is 0. The van der Waals surface area contributed by atoms with Gasteiger partial charge in [0.25, 0.3) is 5.56 Å². The Labute approximate surface area is 146 Å². The van der Waals surface area contributed by atoms with E-state index in [2.05, 4.69) is 15.3 Å². The van der Waals surface area contributed by atoms with Gasteiger partial charge in [0.1, 0.15) is 0 Å². The summed E-state index contributed by atoms with van der Waals surface area (Å²) in [4.78, 5) is 30.4. The molecule has 0 spiro atoms. The van der Waals surface area contributed by atoms with Crippen LogP contribution in [0.25, 0.3) is 0 Å². The lowest BCUT2D eigenvalue weighted by Gasteiger charge is -2.16. The Hall–Kier alpha value is -2.29. The summed E-state index contributed by atoms with van der Waals surface area (Å²) >= 11 is 0.968. The molecular formula is C16H16F3N3O2S. The molecule has 25 heavy (non-hydrogen) atoms. The van der Waals surface area contributed by atoms with Gasteiger partial charge in [0.05, 0.1) is 16.5 Å². The molecule has 0 aliphatic rings. The van der Waals surface area contributed by atoms with Crippen LogP contribution in [0.2, 0.25) is 0 Å². The molecule has 2 N–H and O–H groups in total. The van der Waals surface area contributed by atoms with Gasteiger partial charge in [0, 0.05) is 11.8 Å². The van der Waals surface area contributed by atoms with Crippen molar-refractivity contribution in [3.63, 3.8) is 0 Å². The largest absolute Gasteiger partial charge is 0.418 e. The highest BCUT2D eigenvalue weighted by Crippen LogP contribution is 2.34. The van der Waals surface area contributed by atoms with Gasteiger partial charge in [-0.2, -0.15) is 13.2 Å². The van der Waals surface area contributed by atoms with Crippen molar-refractivity contribution in [3.05, 3.63) is 51.9 Å². The highest BCUT2D eigenvalue weighted by molar-refractivity contribution is 8.00. The van der Waals surface area contributed by atoms with Crippen molar-refractivity contribution >= 4 is 23.4 Å². The molecule has 0 aliphatic heterocycles. The van der Waals surface area contributed by atoms with E-state index in [1.807, 2.05) is 6.92 Å². The number of hydrogen-bond donors (Lipinski definition) is 2. The predicted octanol–water partition coefficient (Wildman–Crippen LogP) is 3.47. The third kappa shape index (κ3) is 5.09. The second-order valence-corrected chi connectivity index (χ2v) is 6.52. The number of carbonyl (C=O) groups excluding carboxylic acids is 1. The molecule has 2 aromatic rings. The van der Waals surface area contributed by atoms with Gasteiger partial charge in [-0.05, 0) is 25.5 Å². The number of amides is 1. The van der Waals surface area contributed by atoms with Crippen molar-refractivity contribution in [2.45, 2.75) is 36.9 Å². The molecule has 0 saturated heterocycles. The minimum Gasteiger partial charge on any atom is -0.325 e. The Bertz CT molecular complexity index is 821. The van der Waals surface area contributed by atoms with Gasteiger partial charge in [0.15, 0.2) is 5.16 Å². The molecule has 1 atom stereocenters. The summed E-state index contributed by atoms with van der Waals surface area (Å²) in [6, 6.07) is 6.11. The van der Waals surface area contributed by atoms with E-state index in [-0.39, 0.29) is 16.4 Å². The molecule has 0 aliphatic carbocycles. The second-order valence-electron chi connectivity index (χ2n) is 5.19. The lowest BCUT2D eigenvalue weighted by atomic mass is 10.1. The molecular weight excluding hydrogens is 355 g/mol. The number of alkyl halides is 3. The topological polar surface area (TPSA) is 74.8 Å². The van der Waals surface area contributed by atoms with Crippen LogP contribution in [0, 0.1) is 0 Å². The zero-order valence-electron chi connectivity index (χ0n) is 13.5. The Balaban J connectivity index is 2.14. The summed E-state index contributed by atoms with van der Waals surface area (Å²) in [5.74, 6) is -0.619. The summed E-state index contributed by atoms with van der Waals surface area (Å²) in [6.45, 7) is 3.36. The second kappa shape index (κ2) is 7.73. The number of halogens is 3. The summed E-state index contributed by atoms with van der Waals surface area (Å²) in [6.07, 6.45) is -4.01. The van der Waals surface area contributed by atoms with Crippen LogP contribution in [-0.4, -0.2) is 21.1 Å². The maximum atomic E-state index is 13.0. The van der Waals surface area contributed by atoms with E-state index in [1.54, 1.807) is 0 Å². The van der Waals surface area contributed by atoms with E-state index in [9.17, 15) is 22.8 Å². The van der Waals surface area contributed by atoms with Crippen molar-refractivity contribution in [1.82, 2.24) is 9.97 Å². The molecule has 2 rings (SSSR count). The molecule has 0 radical (unpaired) electrons. The van der Waals surface area contributed by atoms with Gasteiger partial charge in [-0.25, -0.2) is 4.98 Å². The molecule has 1 aromatic heterocycles. The average molecular weight is 371 g/mol. The quantitative estimate of drug-likeness (QED) is 0.623. The minimum atomic E-state index is -4.57. The van der Waals surface area contributed by atoms with Gasteiger partial charge < -0.3 is 10.3 Å². The highest BCUT2D eigenvalue weighted by Gasteiger charge is 2.33. The predicted molar refractivity (Wildman–Crippen MR) is 89.6 cm³/mol. The SMILES string of the molecule is CCc1cc(=O)[nH]c(SC(C)C(=O)Nc2ccccc2C(F)(F)F)n1. The number of aryl methyl sites for hydroxylation is 1. The molecule has 5 nitrogen and oxygen atoms in total. The number of hydrogen-bond acceptors (Lipinski definition) is 4. The number of anilines is 1. The van der Waals surface area contributed by atoms with E-state index in [0.29, 0.717) is 12.1 Å². The first-order valence-corrected chi connectivity index (χ1v) is 8.32. The Morgan fingerprint density at radius 2 is 2.04 bits per heavy atom. The zero-order chi connectivity index (χ0) is 18.6. The third-order valence-corrected chi connectivity index (χ3v) is 4.27. The Kier molecular flexibility index (Phi) is 5.89. The molecule has 1 aromatic carbocycles. The lowest BCUT2D eigenvalue weighted by molar-refractivity contribution is -0.137. The Morgan fingerprint density at radius 3 is 2.68 bits per heavy atom. The normalized spacial score (nSPS) is 12.7. The number of aromatic amines is 1. The molecule has 1 unspecified atom stereocenters. The van der Waals surface area contributed by atoms with Gasteiger partial charge in [0.2, 0.25) is 5.91 Å². The van der Waals surface area contributed by atoms with E-state index < -0.39 is 22.9 Å². The molecule has 1 amide bonds. The fourth-order valence-corrected chi connectivity index (χ4v) is 2.85. The summed E-state index contributed by atoms with van der Waals surface area (Å²) < 4.78 is 38.9. The number of thioether (sulfide) groups is 1. The van der Waals surface area contributed by atoms with E-state index in [0.717, 1.165) is 17.8 Å². The number of carbonyl (C=O) groups is 1. The zero-order valence-corrected chi connectivity index (χ0v) is 14.3. The average Bonchev–Trinajstić information content (AvgIpc) is 2.53. The van der Waals surface area contributed by atoms with E-state index in [4.69, 9.17) is 0 Å². The van der Waals surface area contributed by atoms with Crippen molar-refractivity contribution in [1.29, 1.82) is 0 Å². The number of nitrogens with zero attached hydrogens (tertiary/aromatic N) is 1. The summed E-state index contributed by atoms with van der Waals surface area (Å²) in [5.41, 5.74) is -0.998. The van der Waals surface area contributed by atoms with E-state index >= 15 is 0 Å². The number of benzene rings is 1.